The molecule has 20 heavy (non-hydrogen) atoms. The van der Waals surface area contributed by atoms with Gasteiger partial charge in [0.25, 0.3) is 0 Å². The number of nitrogens with two attached hydrogens (primary N) is 1. The molecule has 0 saturated carbocycles. The molecule has 0 aliphatic rings. The lowest BCUT2D eigenvalue weighted by Gasteiger charge is -2.16. The lowest BCUT2D eigenvalue weighted by molar-refractivity contribution is -0.121. The van der Waals surface area contributed by atoms with Crippen LogP contribution in [-0.4, -0.2) is 51.2 Å². The van der Waals surface area contributed by atoms with Crippen molar-refractivity contribution in [2.45, 2.75) is 12.8 Å². The molecular weight excluding hydrogens is 254 g/mol. The predicted molar refractivity (Wildman–Crippen MR) is 81.6 cm³/mol. The van der Waals surface area contributed by atoms with Crippen molar-refractivity contribution < 1.29 is 9.53 Å². The van der Waals surface area contributed by atoms with Crippen molar-refractivity contribution in [1.82, 2.24) is 10.2 Å². The lowest BCUT2D eigenvalue weighted by Crippen LogP contribution is -2.34. The van der Waals surface area contributed by atoms with Crippen molar-refractivity contribution in [2.75, 3.05) is 46.1 Å². The molecule has 0 fully saturated rings. The molecule has 1 aromatic carbocycles. The molecule has 0 heterocycles. The smallest absolute Gasteiger partial charge is 0.220 e. The molecule has 1 rings (SSSR count). The Labute approximate surface area is 121 Å². The number of hydrogen-bond donors (Lipinski definition) is 2. The number of ether oxygens (including phenoxy) is 1. The Hall–Kier alpha value is -1.59. The van der Waals surface area contributed by atoms with E-state index < -0.39 is 0 Å². The van der Waals surface area contributed by atoms with Gasteiger partial charge in [-0.1, -0.05) is 18.2 Å². The molecule has 5 heteroatoms. The third kappa shape index (κ3) is 6.54. The van der Waals surface area contributed by atoms with Crippen LogP contribution in [0.3, 0.4) is 0 Å². The van der Waals surface area contributed by atoms with Crippen molar-refractivity contribution in [3.05, 3.63) is 29.8 Å². The second-order valence-electron chi connectivity index (χ2n) is 4.84. The SMILES string of the molecule is COCCN(C)CCNC(=O)CCc1ccccc1N. The number of nitrogen functional groups attached to an aromatic ring is 1. The van der Waals surface area contributed by atoms with Crippen molar-refractivity contribution in [2.24, 2.45) is 0 Å². The van der Waals surface area contributed by atoms with Gasteiger partial charge >= 0.3 is 0 Å². The van der Waals surface area contributed by atoms with Crippen LogP contribution in [0.2, 0.25) is 0 Å². The highest BCUT2D eigenvalue weighted by Gasteiger charge is 2.04. The minimum atomic E-state index is 0.0633. The van der Waals surface area contributed by atoms with Crippen molar-refractivity contribution >= 4 is 11.6 Å². The Morgan fingerprint density at radius 3 is 2.80 bits per heavy atom. The number of carbonyl (C=O) groups is 1. The summed E-state index contributed by atoms with van der Waals surface area (Å²) in [5.74, 6) is 0.0633. The van der Waals surface area contributed by atoms with Crippen molar-refractivity contribution in [3.8, 4) is 0 Å². The van der Waals surface area contributed by atoms with E-state index in [1.807, 2.05) is 31.3 Å². The van der Waals surface area contributed by atoms with E-state index >= 15 is 0 Å². The fourth-order valence-electron chi connectivity index (χ4n) is 1.84. The topological polar surface area (TPSA) is 67.6 Å². The molecule has 3 N–H and O–H groups in total. The summed E-state index contributed by atoms with van der Waals surface area (Å²) in [6.07, 6.45) is 1.15. The molecule has 0 aromatic heterocycles. The van der Waals surface area contributed by atoms with Crippen LogP contribution < -0.4 is 11.1 Å². The molecule has 1 aromatic rings. The Morgan fingerprint density at radius 2 is 2.10 bits per heavy atom. The van der Waals surface area contributed by atoms with Gasteiger partial charge in [-0.3, -0.25) is 4.79 Å². The zero-order valence-electron chi connectivity index (χ0n) is 12.4. The van der Waals surface area contributed by atoms with E-state index in [-0.39, 0.29) is 5.91 Å². The number of nitrogens with zero attached hydrogens (tertiary/aromatic N) is 1. The highest BCUT2D eigenvalue weighted by Crippen LogP contribution is 2.12. The number of amides is 1. The number of methoxy groups -OCH3 is 1. The second kappa shape index (κ2) is 9.34. The fraction of sp³-hybridized carbons (Fsp3) is 0.533. The van der Waals surface area contributed by atoms with Gasteiger partial charge in [0.15, 0.2) is 0 Å². The molecule has 0 radical (unpaired) electrons. The van der Waals surface area contributed by atoms with Gasteiger partial charge in [0.2, 0.25) is 5.91 Å². The van der Waals surface area contributed by atoms with Crippen molar-refractivity contribution in [1.29, 1.82) is 0 Å². The molecule has 0 bridgehead atoms. The van der Waals surface area contributed by atoms with Crippen LogP contribution in [0.25, 0.3) is 0 Å². The maximum Gasteiger partial charge on any atom is 0.220 e. The van der Waals surface area contributed by atoms with Crippen molar-refractivity contribution in [3.63, 3.8) is 0 Å². The van der Waals surface area contributed by atoms with E-state index in [9.17, 15) is 4.79 Å². The van der Waals surface area contributed by atoms with Crippen LogP contribution in [0.15, 0.2) is 24.3 Å². The minimum absolute atomic E-state index is 0.0633. The molecule has 0 atom stereocenters. The van der Waals surface area contributed by atoms with E-state index in [4.69, 9.17) is 10.5 Å². The zero-order chi connectivity index (χ0) is 14.8. The van der Waals surface area contributed by atoms with Gasteiger partial charge in [-0.15, -0.1) is 0 Å². The average molecular weight is 279 g/mol. The van der Waals surface area contributed by atoms with E-state index in [0.29, 0.717) is 26.0 Å². The zero-order valence-corrected chi connectivity index (χ0v) is 12.4. The molecule has 0 saturated heterocycles. The van der Waals surface area contributed by atoms with Crippen LogP contribution in [0.1, 0.15) is 12.0 Å². The first-order valence-corrected chi connectivity index (χ1v) is 6.91. The molecule has 0 aliphatic carbocycles. The summed E-state index contributed by atoms with van der Waals surface area (Å²) < 4.78 is 5.00. The summed E-state index contributed by atoms with van der Waals surface area (Å²) in [6, 6.07) is 7.66. The number of benzene rings is 1. The van der Waals surface area contributed by atoms with Gasteiger partial charge in [0, 0.05) is 38.9 Å². The van der Waals surface area contributed by atoms with Crippen LogP contribution >= 0.6 is 0 Å². The third-order valence-electron chi connectivity index (χ3n) is 3.17. The summed E-state index contributed by atoms with van der Waals surface area (Å²) in [5, 5.41) is 2.92. The molecule has 1 amide bonds. The van der Waals surface area contributed by atoms with Gasteiger partial charge < -0.3 is 20.7 Å². The van der Waals surface area contributed by atoms with Crippen LogP contribution in [0.4, 0.5) is 5.69 Å². The van der Waals surface area contributed by atoms with Gasteiger partial charge in [-0.25, -0.2) is 0 Å². The van der Waals surface area contributed by atoms with Gasteiger partial charge in [0.05, 0.1) is 6.61 Å². The number of para-hydroxylation sites is 1. The maximum atomic E-state index is 11.7. The molecule has 0 unspecified atom stereocenters. The first-order valence-electron chi connectivity index (χ1n) is 6.91. The second-order valence-corrected chi connectivity index (χ2v) is 4.84. The highest BCUT2D eigenvalue weighted by atomic mass is 16.5. The van der Waals surface area contributed by atoms with Crippen LogP contribution in [0, 0.1) is 0 Å². The van der Waals surface area contributed by atoms with E-state index in [1.165, 1.54) is 0 Å². The lowest BCUT2D eigenvalue weighted by atomic mass is 10.1. The van der Waals surface area contributed by atoms with E-state index in [2.05, 4.69) is 10.2 Å². The maximum absolute atomic E-state index is 11.7. The Morgan fingerprint density at radius 1 is 1.35 bits per heavy atom. The number of carbonyl (C=O) groups excluding carboxylic acids is 1. The molecular formula is C15H25N3O2. The number of hydrogen-bond acceptors (Lipinski definition) is 4. The van der Waals surface area contributed by atoms with Gasteiger partial charge in [-0.2, -0.15) is 0 Å². The fourth-order valence-corrected chi connectivity index (χ4v) is 1.84. The number of nitrogens with one attached hydrogen (secondary N) is 1. The standard InChI is InChI=1S/C15H25N3O2/c1-18(11-12-20-2)10-9-17-15(19)8-7-13-5-3-4-6-14(13)16/h3-6H,7-12,16H2,1-2H3,(H,17,19). The first-order chi connectivity index (χ1) is 9.63. The predicted octanol–water partition coefficient (Wildman–Crippen LogP) is 0.896. The number of rotatable bonds is 9. The van der Waals surface area contributed by atoms with Crippen LogP contribution in [0.5, 0.6) is 0 Å². The Bertz CT molecular complexity index is 410. The minimum Gasteiger partial charge on any atom is -0.399 e. The first kappa shape index (κ1) is 16.5. The molecule has 0 spiro atoms. The number of likely N-dealkylation sites (N-methyl/N-ethyl adjacent to an activating group) is 1. The van der Waals surface area contributed by atoms with E-state index in [0.717, 1.165) is 24.3 Å². The summed E-state index contributed by atoms with van der Waals surface area (Å²) in [5.41, 5.74) is 7.62. The molecule has 5 nitrogen and oxygen atoms in total. The summed E-state index contributed by atoms with van der Waals surface area (Å²) in [6.45, 7) is 3.05. The Balaban J connectivity index is 2.16. The summed E-state index contributed by atoms with van der Waals surface area (Å²) >= 11 is 0. The third-order valence-corrected chi connectivity index (χ3v) is 3.17. The normalized spacial score (nSPS) is 10.8. The summed E-state index contributed by atoms with van der Waals surface area (Å²) in [7, 11) is 3.70. The van der Waals surface area contributed by atoms with E-state index in [1.54, 1.807) is 7.11 Å². The summed E-state index contributed by atoms with van der Waals surface area (Å²) in [4.78, 5) is 13.9. The van der Waals surface area contributed by atoms with Gasteiger partial charge in [-0.05, 0) is 25.1 Å². The Kier molecular flexibility index (Phi) is 7.69. The number of anilines is 1. The average Bonchev–Trinajstić information content (AvgIpc) is 2.44. The number of aryl methyl sites for hydroxylation is 1. The largest absolute Gasteiger partial charge is 0.399 e. The molecule has 112 valence electrons. The highest BCUT2D eigenvalue weighted by molar-refractivity contribution is 5.76. The monoisotopic (exact) mass is 279 g/mol. The molecule has 0 aliphatic heterocycles. The quantitative estimate of drug-likeness (QED) is 0.659. The van der Waals surface area contributed by atoms with Gasteiger partial charge in [0.1, 0.15) is 0 Å². The van der Waals surface area contributed by atoms with Crippen LogP contribution in [-0.2, 0) is 16.0 Å².